The van der Waals surface area contributed by atoms with Crippen molar-refractivity contribution in [2.45, 2.75) is 76.7 Å². The van der Waals surface area contributed by atoms with Gasteiger partial charge in [0.2, 0.25) is 0 Å². The smallest absolute Gasteiger partial charge is 0.410 e. The summed E-state index contributed by atoms with van der Waals surface area (Å²) in [4.78, 5) is 28.8. The molecule has 3 aliphatic rings. The standard InChI is InChI=1S/C29H39BrN6O5/c1-29(2,3)41-28(37)36-14-13-35(16-18(36)10-11-31)26-21-15-22(38-5)23(30)25(40-20-8-9-20)24(21)32-27(33-26)39-17-19-7-6-12-34(19)4/h15,18-20H,6-10,12-14,16-17H2,1-5H3/t18-,19-/m0/s1. The van der Waals surface area contributed by atoms with Crippen LogP contribution in [0, 0.1) is 11.3 Å². The maximum absolute atomic E-state index is 13.0. The molecule has 41 heavy (non-hydrogen) atoms. The molecule has 0 bridgehead atoms. The number of aromatic nitrogens is 2. The molecule has 3 heterocycles. The lowest BCUT2D eigenvalue weighted by Crippen LogP contribution is -2.56. The first-order chi connectivity index (χ1) is 19.6. The molecule has 1 aliphatic carbocycles. The van der Waals surface area contributed by atoms with Crippen molar-refractivity contribution in [3.05, 3.63) is 10.5 Å². The van der Waals surface area contributed by atoms with Gasteiger partial charge in [0.05, 0.1) is 37.1 Å². The zero-order valence-electron chi connectivity index (χ0n) is 24.5. The van der Waals surface area contributed by atoms with Gasteiger partial charge in [0.15, 0.2) is 5.75 Å². The number of piperazine rings is 1. The van der Waals surface area contributed by atoms with E-state index in [0.29, 0.717) is 59.6 Å². The van der Waals surface area contributed by atoms with Gasteiger partial charge >= 0.3 is 12.1 Å². The Kier molecular flexibility index (Phi) is 8.66. The Bertz CT molecular complexity index is 1320. The molecule has 1 amide bonds. The Hall–Kier alpha value is -3.04. The maximum atomic E-state index is 13.0. The highest BCUT2D eigenvalue weighted by Gasteiger charge is 2.36. The number of hydrogen-bond acceptors (Lipinski definition) is 10. The summed E-state index contributed by atoms with van der Waals surface area (Å²) in [6.45, 7) is 8.33. The molecule has 11 nitrogen and oxygen atoms in total. The second-order valence-corrected chi connectivity index (χ2v) is 12.8. The van der Waals surface area contributed by atoms with E-state index in [4.69, 9.17) is 28.9 Å². The van der Waals surface area contributed by atoms with E-state index in [1.807, 2.05) is 26.8 Å². The molecule has 1 aromatic carbocycles. The Morgan fingerprint density at radius 3 is 2.59 bits per heavy atom. The lowest BCUT2D eigenvalue weighted by atomic mass is 10.1. The molecule has 12 heteroatoms. The number of carbonyl (C=O) groups is 1. The summed E-state index contributed by atoms with van der Waals surface area (Å²) in [6.07, 6.45) is 4.07. The summed E-state index contributed by atoms with van der Waals surface area (Å²) in [5.41, 5.74) is 0.00579. The van der Waals surface area contributed by atoms with E-state index in [0.717, 1.165) is 37.6 Å². The topological polar surface area (TPSA) is 113 Å². The van der Waals surface area contributed by atoms with Crippen molar-refractivity contribution in [3.8, 4) is 23.6 Å². The average molecular weight is 632 g/mol. The highest BCUT2D eigenvalue weighted by molar-refractivity contribution is 9.10. The van der Waals surface area contributed by atoms with E-state index in [1.165, 1.54) is 0 Å². The molecular weight excluding hydrogens is 592 g/mol. The molecule has 5 rings (SSSR count). The van der Waals surface area contributed by atoms with Crippen LogP contribution in [0.2, 0.25) is 0 Å². The number of carbonyl (C=O) groups excluding carboxylic acids is 1. The molecule has 3 fully saturated rings. The summed E-state index contributed by atoms with van der Waals surface area (Å²) in [5.74, 6) is 1.87. The SMILES string of the molecule is COc1cc2c(N3CCN(C(=O)OC(C)(C)C)[C@@H](CC#N)C3)nc(OC[C@@H]3CCCN3C)nc2c(OC2CC2)c1Br. The van der Waals surface area contributed by atoms with E-state index >= 15 is 0 Å². The number of methoxy groups -OCH3 is 1. The van der Waals surface area contributed by atoms with Crippen molar-refractivity contribution < 1.29 is 23.7 Å². The van der Waals surface area contributed by atoms with Crippen LogP contribution in [0.1, 0.15) is 52.9 Å². The van der Waals surface area contributed by atoms with Crippen LogP contribution < -0.4 is 19.1 Å². The van der Waals surface area contributed by atoms with Gasteiger partial charge in [-0.15, -0.1) is 0 Å². The van der Waals surface area contributed by atoms with E-state index in [2.05, 4.69) is 38.8 Å². The molecule has 1 saturated carbocycles. The van der Waals surface area contributed by atoms with Crippen molar-refractivity contribution in [2.75, 3.05) is 51.8 Å². The second-order valence-electron chi connectivity index (χ2n) is 12.0. The third-order valence-corrected chi connectivity index (χ3v) is 8.40. The van der Waals surface area contributed by atoms with Crippen LogP contribution in [-0.2, 0) is 4.74 Å². The molecular formula is C29H39BrN6O5. The van der Waals surface area contributed by atoms with Crippen molar-refractivity contribution in [2.24, 2.45) is 0 Å². The molecule has 0 spiro atoms. The quantitative estimate of drug-likeness (QED) is 0.405. The summed E-state index contributed by atoms with van der Waals surface area (Å²) < 4.78 is 24.6. The zero-order chi connectivity index (χ0) is 29.3. The van der Waals surface area contributed by atoms with Crippen molar-refractivity contribution in [1.29, 1.82) is 5.26 Å². The Labute approximate surface area is 249 Å². The number of fused-ring (bicyclic) bond motifs is 1. The van der Waals surface area contributed by atoms with Crippen LogP contribution in [0.15, 0.2) is 10.5 Å². The summed E-state index contributed by atoms with van der Waals surface area (Å²) in [5, 5.41) is 10.4. The van der Waals surface area contributed by atoms with Gasteiger partial charge in [-0.1, -0.05) is 0 Å². The molecule has 2 atom stereocenters. The first-order valence-corrected chi connectivity index (χ1v) is 15.1. The fraction of sp³-hybridized carbons (Fsp3) is 0.655. The van der Waals surface area contributed by atoms with E-state index < -0.39 is 11.7 Å². The van der Waals surface area contributed by atoms with Crippen LogP contribution in [0.5, 0.6) is 17.5 Å². The van der Waals surface area contributed by atoms with Crippen molar-refractivity contribution in [3.63, 3.8) is 0 Å². The van der Waals surface area contributed by atoms with Crippen LogP contribution in [0.4, 0.5) is 10.6 Å². The lowest BCUT2D eigenvalue weighted by Gasteiger charge is -2.41. The van der Waals surface area contributed by atoms with Gasteiger partial charge in [0, 0.05) is 25.7 Å². The summed E-state index contributed by atoms with van der Waals surface area (Å²) >= 11 is 3.68. The van der Waals surface area contributed by atoms with Gasteiger partial charge < -0.3 is 33.6 Å². The van der Waals surface area contributed by atoms with Gasteiger partial charge in [-0.25, -0.2) is 4.79 Å². The molecule has 222 valence electrons. The highest BCUT2D eigenvalue weighted by Crippen LogP contribution is 2.45. The van der Waals surface area contributed by atoms with Crippen LogP contribution in [-0.4, -0.2) is 96.6 Å². The number of nitrogens with zero attached hydrogens (tertiary/aromatic N) is 6. The minimum atomic E-state index is -0.629. The fourth-order valence-corrected chi connectivity index (χ4v) is 5.87. The Morgan fingerprint density at radius 2 is 1.95 bits per heavy atom. The van der Waals surface area contributed by atoms with Gasteiger partial charge in [0.1, 0.15) is 33.8 Å². The van der Waals surface area contributed by atoms with E-state index in [-0.39, 0.29) is 24.6 Å². The molecule has 2 saturated heterocycles. The van der Waals surface area contributed by atoms with Gasteiger partial charge in [-0.05, 0) is 82.0 Å². The Morgan fingerprint density at radius 1 is 1.17 bits per heavy atom. The largest absolute Gasteiger partial charge is 0.495 e. The molecule has 0 N–H and O–H groups in total. The minimum Gasteiger partial charge on any atom is -0.495 e. The second kappa shape index (κ2) is 12.1. The highest BCUT2D eigenvalue weighted by atomic mass is 79.9. The molecule has 2 aromatic rings. The number of anilines is 1. The number of likely N-dealkylation sites (tertiary alicyclic amines) is 1. The van der Waals surface area contributed by atoms with E-state index in [9.17, 15) is 10.1 Å². The van der Waals surface area contributed by atoms with Crippen LogP contribution in [0.3, 0.4) is 0 Å². The summed E-state index contributed by atoms with van der Waals surface area (Å²) in [6, 6.07) is 4.36. The third kappa shape index (κ3) is 6.72. The van der Waals surface area contributed by atoms with Gasteiger partial charge in [-0.2, -0.15) is 15.2 Å². The number of likely N-dealkylation sites (N-methyl/N-ethyl adjacent to an activating group) is 1. The van der Waals surface area contributed by atoms with Crippen LogP contribution in [0.25, 0.3) is 10.9 Å². The third-order valence-electron chi connectivity index (χ3n) is 7.65. The van der Waals surface area contributed by atoms with E-state index in [1.54, 1.807) is 12.0 Å². The molecule has 0 unspecified atom stereocenters. The number of halogens is 1. The Balaban J connectivity index is 1.53. The van der Waals surface area contributed by atoms with Crippen molar-refractivity contribution >= 4 is 38.7 Å². The molecule has 0 radical (unpaired) electrons. The van der Waals surface area contributed by atoms with Gasteiger partial charge in [-0.3, -0.25) is 0 Å². The van der Waals surface area contributed by atoms with Gasteiger partial charge in [0.25, 0.3) is 0 Å². The van der Waals surface area contributed by atoms with Crippen LogP contribution >= 0.6 is 15.9 Å². The normalized spacial score (nSPS) is 21.6. The fourth-order valence-electron chi connectivity index (χ4n) is 5.32. The number of amides is 1. The zero-order valence-corrected chi connectivity index (χ0v) is 26.1. The molecule has 1 aromatic heterocycles. The van der Waals surface area contributed by atoms with Crippen molar-refractivity contribution in [1.82, 2.24) is 19.8 Å². The average Bonchev–Trinajstić information content (AvgIpc) is 3.66. The molecule has 2 aliphatic heterocycles. The first-order valence-electron chi connectivity index (χ1n) is 14.3. The number of ether oxygens (including phenoxy) is 4. The predicted molar refractivity (Wildman–Crippen MR) is 158 cm³/mol. The lowest BCUT2D eigenvalue weighted by molar-refractivity contribution is 0.0145. The summed E-state index contributed by atoms with van der Waals surface area (Å²) in [7, 11) is 3.73. The number of benzene rings is 1. The number of nitriles is 1. The predicted octanol–water partition coefficient (Wildman–Crippen LogP) is 4.75. The first kappa shape index (κ1) is 29.5. The number of hydrogen-bond donors (Lipinski definition) is 0. The monoisotopic (exact) mass is 630 g/mol. The minimum absolute atomic E-state index is 0.133. The number of rotatable bonds is 8. The maximum Gasteiger partial charge on any atom is 0.410 e.